The minimum absolute atomic E-state index is 0.139. The normalized spacial score (nSPS) is 17.3. The number of amidine groups is 1. The Hall–Kier alpha value is -2.24. The minimum atomic E-state index is -0.139. The number of hydrogen-bond acceptors (Lipinski definition) is 4. The van der Waals surface area contributed by atoms with Gasteiger partial charge >= 0.3 is 0 Å². The molecule has 2 aromatic carbocycles. The van der Waals surface area contributed by atoms with Crippen molar-refractivity contribution >= 4 is 46.2 Å². The number of nitrogens with zero attached hydrogens (tertiary/aromatic N) is 1. The van der Waals surface area contributed by atoms with Crippen LogP contribution in [0.15, 0.2) is 58.4 Å². The molecule has 6 heteroatoms. The molecule has 0 unspecified atom stereocenters. The van der Waals surface area contributed by atoms with Gasteiger partial charge in [-0.15, -0.1) is 0 Å². The first-order valence-electron chi connectivity index (χ1n) is 7.42. The van der Waals surface area contributed by atoms with E-state index in [0.717, 1.165) is 33.7 Å². The van der Waals surface area contributed by atoms with Crippen molar-refractivity contribution < 1.29 is 9.53 Å². The third-order valence-electron chi connectivity index (χ3n) is 3.21. The Morgan fingerprint density at radius 1 is 1.17 bits per heavy atom. The van der Waals surface area contributed by atoms with Crippen molar-refractivity contribution in [2.24, 2.45) is 4.99 Å². The van der Waals surface area contributed by atoms with Crippen molar-refractivity contribution in [2.75, 3.05) is 6.61 Å². The zero-order chi connectivity index (χ0) is 16.9. The van der Waals surface area contributed by atoms with E-state index in [2.05, 4.69) is 10.3 Å². The van der Waals surface area contributed by atoms with Gasteiger partial charge in [0.05, 0.1) is 17.2 Å². The molecule has 0 aliphatic carbocycles. The van der Waals surface area contributed by atoms with Gasteiger partial charge in [-0.1, -0.05) is 23.7 Å². The van der Waals surface area contributed by atoms with E-state index in [1.807, 2.05) is 61.5 Å². The van der Waals surface area contributed by atoms with Gasteiger partial charge in [-0.2, -0.15) is 0 Å². The molecule has 122 valence electrons. The number of carbonyl (C=O) groups excluding carboxylic acids is 1. The molecule has 0 saturated carbocycles. The summed E-state index contributed by atoms with van der Waals surface area (Å²) in [7, 11) is 0. The van der Waals surface area contributed by atoms with Crippen LogP contribution >= 0.6 is 23.4 Å². The quantitative estimate of drug-likeness (QED) is 0.810. The van der Waals surface area contributed by atoms with E-state index < -0.39 is 0 Å². The van der Waals surface area contributed by atoms with E-state index in [4.69, 9.17) is 16.3 Å². The predicted molar refractivity (Wildman–Crippen MR) is 100 cm³/mol. The number of nitrogens with one attached hydrogen (secondary N) is 1. The van der Waals surface area contributed by atoms with Crippen LogP contribution in [0.5, 0.6) is 5.75 Å². The highest BCUT2D eigenvalue weighted by atomic mass is 35.5. The maximum Gasteiger partial charge on any atom is 0.289 e. The Morgan fingerprint density at radius 3 is 2.54 bits per heavy atom. The van der Waals surface area contributed by atoms with Crippen molar-refractivity contribution in [3.05, 3.63) is 64.0 Å². The zero-order valence-electron chi connectivity index (χ0n) is 13.0. The molecule has 1 fully saturated rings. The molecular formula is C18H15ClN2O2S. The number of ether oxygens (including phenoxy) is 1. The molecule has 2 aromatic rings. The fourth-order valence-corrected chi connectivity index (χ4v) is 3.00. The summed E-state index contributed by atoms with van der Waals surface area (Å²) in [4.78, 5) is 17.0. The van der Waals surface area contributed by atoms with Crippen LogP contribution < -0.4 is 10.1 Å². The number of aliphatic imine (C=N–C) groups is 1. The SMILES string of the molecule is CCOc1ccc(N=C2NC(=O)S/C2=C\c2ccc(Cl)cc2)cc1. The van der Waals surface area contributed by atoms with Gasteiger partial charge < -0.3 is 10.1 Å². The predicted octanol–water partition coefficient (Wildman–Crippen LogP) is 5.27. The molecule has 1 aliphatic rings. The van der Waals surface area contributed by atoms with E-state index in [9.17, 15) is 4.79 Å². The smallest absolute Gasteiger partial charge is 0.289 e. The second kappa shape index (κ2) is 7.55. The second-order valence-electron chi connectivity index (χ2n) is 4.96. The van der Waals surface area contributed by atoms with Gasteiger partial charge in [-0.05, 0) is 66.7 Å². The number of rotatable bonds is 4. The molecule has 3 rings (SSSR count). The molecule has 1 amide bonds. The summed E-state index contributed by atoms with van der Waals surface area (Å²) in [5.74, 6) is 1.34. The fourth-order valence-electron chi connectivity index (χ4n) is 2.14. The van der Waals surface area contributed by atoms with Crippen LogP contribution in [-0.2, 0) is 0 Å². The van der Waals surface area contributed by atoms with Crippen LogP contribution in [-0.4, -0.2) is 17.7 Å². The first kappa shape index (κ1) is 16.6. The van der Waals surface area contributed by atoms with E-state index in [1.165, 1.54) is 0 Å². The molecule has 1 N–H and O–H groups in total. The summed E-state index contributed by atoms with van der Waals surface area (Å²) in [6.07, 6.45) is 1.91. The van der Waals surface area contributed by atoms with Gasteiger partial charge in [0.15, 0.2) is 0 Å². The lowest BCUT2D eigenvalue weighted by atomic mass is 10.2. The highest BCUT2D eigenvalue weighted by Gasteiger charge is 2.23. The third kappa shape index (κ3) is 4.19. The van der Waals surface area contributed by atoms with Crippen molar-refractivity contribution in [1.82, 2.24) is 5.32 Å². The Morgan fingerprint density at radius 2 is 1.88 bits per heavy atom. The van der Waals surface area contributed by atoms with Crippen molar-refractivity contribution in [2.45, 2.75) is 6.92 Å². The maximum atomic E-state index is 11.7. The number of thioether (sulfide) groups is 1. The Kier molecular flexibility index (Phi) is 5.23. The zero-order valence-corrected chi connectivity index (χ0v) is 14.5. The van der Waals surface area contributed by atoms with Gasteiger partial charge in [-0.3, -0.25) is 4.79 Å². The molecule has 1 heterocycles. The number of amides is 1. The standard InChI is InChI=1S/C18H15ClN2O2S/c1-2-23-15-9-7-14(8-10-15)20-17-16(24-18(22)21-17)11-12-3-5-13(19)6-4-12/h3-11H,2H2,1H3,(H,20,21,22)/b16-11-. The molecule has 0 atom stereocenters. The lowest BCUT2D eigenvalue weighted by molar-refractivity contribution is 0.265. The van der Waals surface area contributed by atoms with E-state index >= 15 is 0 Å². The van der Waals surface area contributed by atoms with Gasteiger partial charge in [0.2, 0.25) is 0 Å². The highest BCUT2D eigenvalue weighted by Crippen LogP contribution is 2.29. The van der Waals surface area contributed by atoms with Gasteiger partial charge in [0.25, 0.3) is 5.24 Å². The van der Waals surface area contributed by atoms with E-state index in [0.29, 0.717) is 17.5 Å². The molecule has 24 heavy (non-hydrogen) atoms. The first-order chi connectivity index (χ1) is 11.6. The van der Waals surface area contributed by atoms with Gasteiger partial charge in [0, 0.05) is 5.02 Å². The number of carbonyl (C=O) groups is 1. The summed E-state index contributed by atoms with van der Waals surface area (Å²) in [6, 6.07) is 14.8. The lowest BCUT2D eigenvalue weighted by Crippen LogP contribution is -2.18. The molecule has 0 spiro atoms. The van der Waals surface area contributed by atoms with Gasteiger partial charge in [-0.25, -0.2) is 4.99 Å². The summed E-state index contributed by atoms with van der Waals surface area (Å²) in [6.45, 7) is 2.56. The first-order valence-corrected chi connectivity index (χ1v) is 8.61. The Labute approximate surface area is 149 Å². The summed E-state index contributed by atoms with van der Waals surface area (Å²) in [5.41, 5.74) is 1.70. The van der Waals surface area contributed by atoms with Crippen LogP contribution in [0.1, 0.15) is 12.5 Å². The van der Waals surface area contributed by atoms with Crippen molar-refractivity contribution in [1.29, 1.82) is 0 Å². The topological polar surface area (TPSA) is 50.7 Å². The average Bonchev–Trinajstić information content (AvgIpc) is 2.91. The molecule has 1 saturated heterocycles. The van der Waals surface area contributed by atoms with Crippen molar-refractivity contribution in [3.63, 3.8) is 0 Å². The summed E-state index contributed by atoms with van der Waals surface area (Å²) >= 11 is 7.02. The summed E-state index contributed by atoms with van der Waals surface area (Å²) in [5, 5.41) is 3.31. The van der Waals surface area contributed by atoms with Gasteiger partial charge in [0.1, 0.15) is 11.6 Å². The van der Waals surface area contributed by atoms with Crippen molar-refractivity contribution in [3.8, 4) is 5.75 Å². The number of hydrogen-bond donors (Lipinski definition) is 1. The summed E-state index contributed by atoms with van der Waals surface area (Å²) < 4.78 is 5.41. The molecule has 4 nitrogen and oxygen atoms in total. The minimum Gasteiger partial charge on any atom is -0.494 e. The van der Waals surface area contributed by atoms with Crippen LogP contribution in [0, 0.1) is 0 Å². The van der Waals surface area contributed by atoms with Crippen LogP contribution in [0.3, 0.4) is 0 Å². The Balaban J connectivity index is 1.86. The second-order valence-corrected chi connectivity index (χ2v) is 6.41. The molecular weight excluding hydrogens is 344 g/mol. The van der Waals surface area contributed by atoms with Crippen LogP contribution in [0.25, 0.3) is 6.08 Å². The third-order valence-corrected chi connectivity index (χ3v) is 4.28. The molecule has 0 aromatic heterocycles. The number of halogens is 1. The van der Waals surface area contributed by atoms with E-state index in [1.54, 1.807) is 0 Å². The van der Waals surface area contributed by atoms with Crippen LogP contribution in [0.2, 0.25) is 5.02 Å². The number of benzene rings is 2. The molecule has 0 bridgehead atoms. The average molecular weight is 359 g/mol. The Bertz CT molecular complexity index is 799. The largest absolute Gasteiger partial charge is 0.494 e. The molecule has 1 aliphatic heterocycles. The highest BCUT2D eigenvalue weighted by molar-refractivity contribution is 8.18. The maximum absolute atomic E-state index is 11.7. The monoisotopic (exact) mass is 358 g/mol. The van der Waals surface area contributed by atoms with Crippen LogP contribution in [0.4, 0.5) is 10.5 Å². The lowest BCUT2D eigenvalue weighted by Gasteiger charge is -2.03. The fraction of sp³-hybridized carbons (Fsp3) is 0.111. The van der Waals surface area contributed by atoms with E-state index in [-0.39, 0.29) is 5.24 Å². The molecule has 0 radical (unpaired) electrons.